The van der Waals surface area contributed by atoms with E-state index < -0.39 is 22.8 Å². The van der Waals surface area contributed by atoms with Gasteiger partial charge in [0.05, 0.1) is 0 Å². The first-order valence-corrected chi connectivity index (χ1v) is 5.08. The maximum atomic E-state index is 11.0. The Bertz CT molecular complexity index is 221. The first-order chi connectivity index (χ1) is 6.40. The third-order valence-corrected chi connectivity index (χ3v) is 2.37. The molecule has 82 valence electrons. The molecule has 0 fully saturated rings. The van der Waals surface area contributed by atoms with Crippen LogP contribution in [0.5, 0.6) is 0 Å². The fourth-order valence-corrected chi connectivity index (χ4v) is 1.03. The molecule has 2 atom stereocenters. The van der Waals surface area contributed by atoms with Gasteiger partial charge in [0.15, 0.2) is 4.84 Å². The van der Waals surface area contributed by atoms with Gasteiger partial charge in [-0.15, -0.1) is 0 Å². The molecule has 1 amide bonds. The van der Waals surface area contributed by atoms with Crippen molar-refractivity contribution in [3.05, 3.63) is 0 Å². The lowest BCUT2D eigenvalue weighted by molar-refractivity contribution is -0.143. The molecule has 0 aromatic heterocycles. The minimum Gasteiger partial charge on any atom is -0.480 e. The second-order valence-electron chi connectivity index (χ2n) is 3.01. The average molecular weight is 242 g/mol. The van der Waals surface area contributed by atoms with Crippen LogP contribution in [0.15, 0.2) is 0 Å². The van der Waals surface area contributed by atoms with Gasteiger partial charge in [-0.05, 0) is 5.92 Å². The molecule has 0 radical (unpaired) electrons. The van der Waals surface area contributed by atoms with Crippen molar-refractivity contribution >= 4 is 35.1 Å². The van der Waals surface area contributed by atoms with E-state index in [9.17, 15) is 9.59 Å². The quantitative estimate of drug-likeness (QED) is 0.716. The van der Waals surface area contributed by atoms with Crippen LogP contribution in [0.2, 0.25) is 0 Å². The number of rotatable bonds is 5. The van der Waals surface area contributed by atoms with Crippen LogP contribution in [0, 0.1) is 5.92 Å². The minimum atomic E-state index is -1.24. The van der Waals surface area contributed by atoms with Crippen LogP contribution in [-0.2, 0) is 9.59 Å². The van der Waals surface area contributed by atoms with E-state index in [0.29, 0.717) is 6.42 Å². The second kappa shape index (κ2) is 6.09. The van der Waals surface area contributed by atoms with Gasteiger partial charge >= 0.3 is 5.97 Å². The molecule has 6 heteroatoms. The molecule has 0 rings (SSSR count). The van der Waals surface area contributed by atoms with Crippen molar-refractivity contribution < 1.29 is 14.7 Å². The number of carboxylic acid groups (broad SMARTS) is 1. The molecule has 0 bridgehead atoms. The third-order valence-electron chi connectivity index (χ3n) is 1.97. The van der Waals surface area contributed by atoms with E-state index in [1.54, 1.807) is 6.92 Å². The van der Waals surface area contributed by atoms with E-state index in [4.69, 9.17) is 28.3 Å². The Morgan fingerprint density at radius 1 is 1.43 bits per heavy atom. The first kappa shape index (κ1) is 13.5. The van der Waals surface area contributed by atoms with E-state index in [-0.39, 0.29) is 5.92 Å². The number of carboxylic acids is 1. The molecule has 0 aromatic rings. The minimum absolute atomic E-state index is 0.163. The fourth-order valence-electron chi connectivity index (χ4n) is 0.899. The van der Waals surface area contributed by atoms with Crippen molar-refractivity contribution in [2.45, 2.75) is 31.1 Å². The number of nitrogens with one attached hydrogen (secondary N) is 1. The van der Waals surface area contributed by atoms with E-state index in [0.717, 1.165) is 0 Å². The van der Waals surface area contributed by atoms with E-state index in [1.165, 1.54) is 0 Å². The monoisotopic (exact) mass is 241 g/mol. The van der Waals surface area contributed by atoms with Crippen molar-refractivity contribution in [1.29, 1.82) is 0 Å². The summed E-state index contributed by atoms with van der Waals surface area (Å²) in [6.07, 6.45) is 0.645. The van der Waals surface area contributed by atoms with Crippen molar-refractivity contribution in [2.24, 2.45) is 5.92 Å². The first-order valence-electron chi connectivity index (χ1n) is 4.21. The molecule has 0 spiro atoms. The summed E-state index contributed by atoms with van der Waals surface area (Å²) in [5.41, 5.74) is 0. The molecule has 0 saturated carbocycles. The van der Waals surface area contributed by atoms with Crippen molar-refractivity contribution in [2.75, 3.05) is 0 Å². The Morgan fingerprint density at radius 3 is 2.21 bits per heavy atom. The van der Waals surface area contributed by atoms with Crippen molar-refractivity contribution in [3.8, 4) is 0 Å². The highest BCUT2D eigenvalue weighted by molar-refractivity contribution is 6.53. The summed E-state index contributed by atoms with van der Waals surface area (Å²) in [4.78, 5) is 20.6. The number of halogens is 2. The molecule has 0 aromatic carbocycles. The lowest BCUT2D eigenvalue weighted by Gasteiger charge is -2.20. The van der Waals surface area contributed by atoms with Gasteiger partial charge in [-0.3, -0.25) is 4.79 Å². The SMILES string of the molecule is CC[C@H](C)[C@H](NC(=O)C(Cl)Cl)C(=O)O. The number of alkyl halides is 2. The number of carbonyl (C=O) groups is 2. The summed E-state index contributed by atoms with van der Waals surface area (Å²) in [6.45, 7) is 3.57. The molecule has 0 saturated heterocycles. The van der Waals surface area contributed by atoms with Gasteiger partial charge in [0, 0.05) is 0 Å². The molecular weight excluding hydrogens is 229 g/mol. The van der Waals surface area contributed by atoms with Gasteiger partial charge in [0.2, 0.25) is 0 Å². The van der Waals surface area contributed by atoms with Crippen LogP contribution in [0.1, 0.15) is 20.3 Å². The normalized spacial score (nSPS) is 14.9. The zero-order chi connectivity index (χ0) is 11.3. The molecular formula is C8H13Cl2NO3. The Morgan fingerprint density at radius 2 is 1.93 bits per heavy atom. The maximum absolute atomic E-state index is 11.0. The van der Waals surface area contributed by atoms with Gasteiger partial charge in [0.25, 0.3) is 5.91 Å². The van der Waals surface area contributed by atoms with E-state index in [2.05, 4.69) is 5.32 Å². The van der Waals surface area contributed by atoms with Crippen LogP contribution in [0.25, 0.3) is 0 Å². The number of amides is 1. The van der Waals surface area contributed by atoms with E-state index >= 15 is 0 Å². The highest BCUT2D eigenvalue weighted by Crippen LogP contribution is 2.09. The van der Waals surface area contributed by atoms with Crippen LogP contribution < -0.4 is 5.32 Å². The zero-order valence-corrected chi connectivity index (χ0v) is 9.47. The predicted octanol–water partition coefficient (Wildman–Crippen LogP) is 1.41. The van der Waals surface area contributed by atoms with Crippen LogP contribution in [0.3, 0.4) is 0 Å². The second-order valence-corrected chi connectivity index (χ2v) is 4.11. The molecule has 0 aliphatic carbocycles. The van der Waals surface area contributed by atoms with Gasteiger partial charge < -0.3 is 10.4 Å². The summed E-state index contributed by atoms with van der Waals surface area (Å²) in [7, 11) is 0. The van der Waals surface area contributed by atoms with Gasteiger partial charge in [-0.25, -0.2) is 4.79 Å². The van der Waals surface area contributed by atoms with Gasteiger partial charge in [-0.2, -0.15) is 0 Å². The van der Waals surface area contributed by atoms with Crippen LogP contribution >= 0.6 is 23.2 Å². The largest absolute Gasteiger partial charge is 0.480 e. The molecule has 0 aliphatic heterocycles. The summed E-state index contributed by atoms with van der Waals surface area (Å²) < 4.78 is 0. The fraction of sp³-hybridized carbons (Fsp3) is 0.750. The summed E-state index contributed by atoms with van der Waals surface area (Å²) in [6, 6.07) is -0.938. The standard InChI is InChI=1S/C8H13Cl2NO3/c1-3-4(2)5(8(13)14)11-7(12)6(9)10/h4-6H,3H2,1-2H3,(H,11,12)(H,13,14)/t4-,5-/m0/s1. The average Bonchev–Trinajstić information content (AvgIpc) is 2.11. The summed E-state index contributed by atoms with van der Waals surface area (Å²) in [5, 5.41) is 11.1. The van der Waals surface area contributed by atoms with Crippen LogP contribution in [-0.4, -0.2) is 27.9 Å². The number of hydrogen-bond donors (Lipinski definition) is 2. The van der Waals surface area contributed by atoms with Crippen molar-refractivity contribution in [3.63, 3.8) is 0 Å². The number of carbonyl (C=O) groups excluding carboxylic acids is 1. The number of aliphatic carboxylic acids is 1. The van der Waals surface area contributed by atoms with Gasteiger partial charge in [-0.1, -0.05) is 43.5 Å². The predicted molar refractivity (Wildman–Crippen MR) is 54.5 cm³/mol. The maximum Gasteiger partial charge on any atom is 0.326 e. The van der Waals surface area contributed by atoms with Gasteiger partial charge in [0.1, 0.15) is 6.04 Å². The Hall–Kier alpha value is -0.480. The summed E-state index contributed by atoms with van der Waals surface area (Å²) >= 11 is 10.6. The Labute approximate surface area is 92.6 Å². The Kier molecular flexibility index (Phi) is 5.88. The lowest BCUT2D eigenvalue weighted by Crippen LogP contribution is -2.46. The Balaban J connectivity index is 4.38. The zero-order valence-electron chi connectivity index (χ0n) is 7.96. The third kappa shape index (κ3) is 4.15. The molecule has 2 N–H and O–H groups in total. The van der Waals surface area contributed by atoms with Crippen molar-refractivity contribution in [1.82, 2.24) is 5.32 Å². The summed E-state index contributed by atoms with van der Waals surface area (Å²) in [5.74, 6) is -1.92. The molecule has 0 unspecified atom stereocenters. The molecule has 0 heterocycles. The topological polar surface area (TPSA) is 66.4 Å². The smallest absolute Gasteiger partial charge is 0.326 e. The highest BCUT2D eigenvalue weighted by Gasteiger charge is 2.26. The van der Waals surface area contributed by atoms with Crippen LogP contribution in [0.4, 0.5) is 0 Å². The van der Waals surface area contributed by atoms with E-state index in [1.807, 2.05) is 6.92 Å². The highest BCUT2D eigenvalue weighted by atomic mass is 35.5. The molecule has 14 heavy (non-hydrogen) atoms. The molecule has 4 nitrogen and oxygen atoms in total. The lowest BCUT2D eigenvalue weighted by atomic mass is 9.99. The molecule has 0 aliphatic rings. The number of hydrogen-bond acceptors (Lipinski definition) is 2.